The number of carbonyl (C=O) groups is 2. The average Bonchev–Trinajstić information content (AvgIpc) is 3.26. The summed E-state index contributed by atoms with van der Waals surface area (Å²) in [6.45, 7) is 6.04. The van der Waals surface area contributed by atoms with Gasteiger partial charge in [-0.3, -0.25) is 9.59 Å². The highest BCUT2D eigenvalue weighted by Crippen LogP contribution is 2.42. The molecule has 2 amide bonds. The lowest BCUT2D eigenvalue weighted by Crippen LogP contribution is -2.46. The number of nitrogens with zero attached hydrogens (tertiary/aromatic N) is 2. The van der Waals surface area contributed by atoms with Crippen LogP contribution in [-0.2, 0) is 26.0 Å². The second-order valence-corrected chi connectivity index (χ2v) is 14.9. The molecular formula is C33H45N3O4S. The van der Waals surface area contributed by atoms with E-state index < -0.39 is 9.84 Å². The fourth-order valence-corrected chi connectivity index (χ4v) is 7.62. The molecule has 3 fully saturated rings. The van der Waals surface area contributed by atoms with E-state index in [4.69, 9.17) is 0 Å². The molecule has 1 saturated carbocycles. The van der Waals surface area contributed by atoms with E-state index in [0.717, 1.165) is 88.7 Å². The first-order chi connectivity index (χ1) is 19.6. The summed E-state index contributed by atoms with van der Waals surface area (Å²) in [5.74, 6) is 0.422. The smallest absolute Gasteiger partial charge is 0.229 e. The summed E-state index contributed by atoms with van der Waals surface area (Å²) in [5, 5.41) is 3.42. The number of rotatable bonds is 9. The molecule has 3 aliphatic rings. The van der Waals surface area contributed by atoms with Crippen molar-refractivity contribution in [1.82, 2.24) is 15.1 Å². The van der Waals surface area contributed by atoms with Crippen LogP contribution in [0, 0.1) is 10.8 Å². The number of amides is 2. The highest BCUT2D eigenvalue weighted by atomic mass is 32.2. The lowest BCUT2D eigenvalue weighted by molar-refractivity contribution is -0.139. The minimum Gasteiger partial charge on any atom is -0.349 e. The van der Waals surface area contributed by atoms with E-state index >= 15 is 0 Å². The summed E-state index contributed by atoms with van der Waals surface area (Å²) in [7, 11) is -3.23. The van der Waals surface area contributed by atoms with Crippen LogP contribution in [0.2, 0.25) is 0 Å². The van der Waals surface area contributed by atoms with E-state index in [1.807, 2.05) is 35.2 Å². The Labute approximate surface area is 245 Å². The van der Waals surface area contributed by atoms with Gasteiger partial charge in [0, 0.05) is 31.3 Å². The van der Waals surface area contributed by atoms with E-state index in [2.05, 4.69) is 29.3 Å². The van der Waals surface area contributed by atoms with Crippen molar-refractivity contribution in [2.75, 3.05) is 32.4 Å². The number of piperidine rings is 1. The van der Waals surface area contributed by atoms with Crippen molar-refractivity contribution in [3.8, 4) is 0 Å². The highest BCUT2D eigenvalue weighted by Gasteiger charge is 2.48. The maximum absolute atomic E-state index is 13.5. The molecule has 1 N–H and O–H groups in total. The molecule has 2 aromatic carbocycles. The monoisotopic (exact) mass is 579 g/mol. The van der Waals surface area contributed by atoms with E-state index in [-0.39, 0.29) is 28.7 Å². The van der Waals surface area contributed by atoms with E-state index in [0.29, 0.717) is 11.4 Å². The van der Waals surface area contributed by atoms with Crippen molar-refractivity contribution >= 4 is 21.7 Å². The first kappa shape index (κ1) is 29.8. The lowest BCUT2D eigenvalue weighted by atomic mass is 9.75. The van der Waals surface area contributed by atoms with E-state index in [1.165, 1.54) is 12.7 Å². The number of hydrogen-bond acceptors (Lipinski definition) is 5. The Morgan fingerprint density at radius 2 is 1.54 bits per heavy atom. The molecule has 2 saturated heterocycles. The van der Waals surface area contributed by atoms with Crippen LogP contribution < -0.4 is 5.32 Å². The molecule has 0 radical (unpaired) electrons. The Kier molecular flexibility index (Phi) is 8.90. The topological polar surface area (TPSA) is 86.8 Å². The van der Waals surface area contributed by atoms with Crippen LogP contribution in [0.15, 0.2) is 59.5 Å². The summed E-state index contributed by atoms with van der Waals surface area (Å²) in [5.41, 5.74) is 1.55. The highest BCUT2D eigenvalue weighted by molar-refractivity contribution is 7.90. The molecule has 41 heavy (non-hydrogen) atoms. The number of benzene rings is 2. The van der Waals surface area contributed by atoms with Gasteiger partial charge in [-0.15, -0.1) is 0 Å². The fraction of sp³-hybridized carbons (Fsp3) is 0.576. The van der Waals surface area contributed by atoms with Crippen LogP contribution in [0.5, 0.6) is 0 Å². The van der Waals surface area contributed by atoms with Crippen LogP contribution in [0.1, 0.15) is 81.9 Å². The van der Waals surface area contributed by atoms with Crippen LogP contribution in [-0.4, -0.2) is 62.5 Å². The Morgan fingerprint density at radius 3 is 2.17 bits per heavy atom. The molecule has 5 rings (SSSR count). The third-order valence-electron chi connectivity index (χ3n) is 9.89. The van der Waals surface area contributed by atoms with Crippen LogP contribution in [0.4, 0.5) is 0 Å². The van der Waals surface area contributed by atoms with Gasteiger partial charge in [-0.1, -0.05) is 68.7 Å². The largest absolute Gasteiger partial charge is 0.349 e. The molecule has 1 atom stereocenters. The molecule has 7 nitrogen and oxygen atoms in total. The van der Waals surface area contributed by atoms with Gasteiger partial charge in [-0.05, 0) is 74.9 Å². The third kappa shape index (κ3) is 6.86. The molecule has 0 unspecified atom stereocenters. The van der Waals surface area contributed by atoms with Crippen LogP contribution >= 0.6 is 0 Å². The molecule has 222 valence electrons. The van der Waals surface area contributed by atoms with Crippen molar-refractivity contribution in [2.24, 2.45) is 10.8 Å². The van der Waals surface area contributed by atoms with E-state index in [1.54, 1.807) is 12.1 Å². The number of likely N-dealkylation sites (tertiary alicyclic amines) is 2. The Morgan fingerprint density at radius 1 is 0.902 bits per heavy atom. The minimum absolute atomic E-state index is 0.0176. The quantitative estimate of drug-likeness (QED) is 0.446. The van der Waals surface area contributed by atoms with Crippen molar-refractivity contribution in [1.29, 1.82) is 0 Å². The van der Waals surface area contributed by atoms with Gasteiger partial charge in [-0.2, -0.15) is 0 Å². The molecular weight excluding hydrogens is 534 g/mol. The van der Waals surface area contributed by atoms with Gasteiger partial charge in [0.25, 0.3) is 0 Å². The van der Waals surface area contributed by atoms with Crippen molar-refractivity contribution in [3.05, 3.63) is 65.7 Å². The SMILES string of the molecule is CC1(C(=O)N[C@@H](CCN2CCC3(CC2)CCN(Cc2ccc(S(C)(=O)=O)cc2)C3=O)c2ccccc2)CCCCC1. The summed E-state index contributed by atoms with van der Waals surface area (Å²) in [6.07, 6.45) is 10.0. The zero-order valence-electron chi connectivity index (χ0n) is 24.6. The lowest BCUT2D eigenvalue weighted by Gasteiger charge is -2.39. The number of carbonyl (C=O) groups excluding carboxylic acids is 2. The van der Waals surface area contributed by atoms with Crippen LogP contribution in [0.25, 0.3) is 0 Å². The molecule has 0 aromatic heterocycles. The molecule has 8 heteroatoms. The minimum atomic E-state index is -3.23. The average molecular weight is 580 g/mol. The van der Waals surface area contributed by atoms with Crippen LogP contribution in [0.3, 0.4) is 0 Å². The summed E-state index contributed by atoms with van der Waals surface area (Å²) >= 11 is 0. The first-order valence-corrected chi connectivity index (χ1v) is 17.1. The zero-order valence-corrected chi connectivity index (χ0v) is 25.4. The predicted molar refractivity (Wildman–Crippen MR) is 161 cm³/mol. The summed E-state index contributed by atoms with van der Waals surface area (Å²) < 4.78 is 23.5. The van der Waals surface area contributed by atoms with Gasteiger partial charge in [0.05, 0.1) is 16.4 Å². The number of hydrogen-bond donors (Lipinski definition) is 1. The molecule has 0 bridgehead atoms. The van der Waals surface area contributed by atoms with Gasteiger partial charge in [0.15, 0.2) is 9.84 Å². The van der Waals surface area contributed by atoms with Gasteiger partial charge < -0.3 is 15.1 Å². The van der Waals surface area contributed by atoms with Gasteiger partial charge in [0.2, 0.25) is 11.8 Å². The molecule has 1 spiro atoms. The van der Waals surface area contributed by atoms with Crippen molar-refractivity contribution in [3.63, 3.8) is 0 Å². The van der Waals surface area contributed by atoms with Gasteiger partial charge in [-0.25, -0.2) is 8.42 Å². The summed E-state index contributed by atoms with van der Waals surface area (Å²) in [4.78, 5) is 31.6. The van der Waals surface area contributed by atoms with Gasteiger partial charge >= 0.3 is 0 Å². The maximum Gasteiger partial charge on any atom is 0.229 e. The molecule has 2 heterocycles. The second-order valence-electron chi connectivity index (χ2n) is 12.9. The summed E-state index contributed by atoms with van der Waals surface area (Å²) in [6, 6.07) is 17.2. The Hall–Kier alpha value is -2.71. The zero-order chi connectivity index (χ0) is 29.1. The number of sulfone groups is 1. The Bertz CT molecular complexity index is 1310. The molecule has 2 aromatic rings. The van der Waals surface area contributed by atoms with Crippen molar-refractivity contribution < 1.29 is 18.0 Å². The molecule has 1 aliphatic carbocycles. The number of nitrogens with one attached hydrogen (secondary N) is 1. The molecule has 2 aliphatic heterocycles. The second kappa shape index (κ2) is 12.3. The normalized spacial score (nSPS) is 21.6. The predicted octanol–water partition coefficient (Wildman–Crippen LogP) is 5.12. The fourth-order valence-electron chi connectivity index (χ4n) is 6.99. The standard InChI is InChI=1S/C33H45N3O4S/c1-32(16-7-4-8-17-32)30(37)34-29(27-9-5-3-6-10-27)15-21-35-22-18-33(19-23-35)20-24-36(31(33)38)25-26-11-13-28(14-12-26)41(2,39)40/h3,5-6,9-14,29H,4,7-8,15-25H2,1-2H3,(H,34,37)/t29-/m0/s1. The van der Waals surface area contributed by atoms with Gasteiger partial charge in [0.1, 0.15) is 0 Å². The van der Waals surface area contributed by atoms with Crippen molar-refractivity contribution in [2.45, 2.75) is 82.2 Å². The third-order valence-corrected chi connectivity index (χ3v) is 11.0. The Balaban J connectivity index is 1.15. The first-order valence-electron chi connectivity index (χ1n) is 15.2. The van der Waals surface area contributed by atoms with E-state index in [9.17, 15) is 18.0 Å². The maximum atomic E-state index is 13.5.